The number of piperidine rings is 2. The maximum atomic E-state index is 3.87. The van der Waals surface area contributed by atoms with Gasteiger partial charge in [-0.05, 0) is 64.2 Å². The van der Waals surface area contributed by atoms with Crippen LogP contribution in [0.15, 0.2) is 0 Å². The van der Waals surface area contributed by atoms with Gasteiger partial charge in [-0.2, -0.15) is 0 Å². The van der Waals surface area contributed by atoms with E-state index >= 15 is 0 Å². The molecule has 3 heterocycles. The van der Waals surface area contributed by atoms with Gasteiger partial charge >= 0.3 is 0 Å². The van der Waals surface area contributed by atoms with Crippen molar-refractivity contribution in [3.05, 3.63) is 0 Å². The first-order valence-electron chi connectivity index (χ1n) is 7.61. The predicted octanol–water partition coefficient (Wildman–Crippen LogP) is 1.20. The SMILES string of the molecule is C1CNCC(CNC2CCN3CCCCC23)C1. The molecule has 0 aromatic rings. The minimum atomic E-state index is 0.789. The van der Waals surface area contributed by atoms with Crippen LogP contribution < -0.4 is 10.6 Å². The standard InChI is InChI=1S/C14H27N3/c1-2-8-17-9-6-13(14(17)5-1)16-11-12-4-3-7-15-10-12/h12-16H,1-11H2. The second kappa shape index (κ2) is 5.68. The third-order valence-electron chi connectivity index (χ3n) is 4.92. The van der Waals surface area contributed by atoms with E-state index in [-0.39, 0.29) is 0 Å². The van der Waals surface area contributed by atoms with E-state index in [0.29, 0.717) is 0 Å². The summed E-state index contributed by atoms with van der Waals surface area (Å²) in [6.45, 7) is 6.39. The van der Waals surface area contributed by atoms with Crippen molar-refractivity contribution in [2.45, 2.75) is 50.6 Å². The zero-order chi connectivity index (χ0) is 11.5. The van der Waals surface area contributed by atoms with Gasteiger partial charge in [0.15, 0.2) is 0 Å². The number of nitrogens with zero attached hydrogens (tertiary/aromatic N) is 1. The van der Waals surface area contributed by atoms with E-state index < -0.39 is 0 Å². The maximum Gasteiger partial charge on any atom is 0.0249 e. The van der Waals surface area contributed by atoms with Crippen LogP contribution in [0.5, 0.6) is 0 Å². The van der Waals surface area contributed by atoms with Crippen LogP contribution in [0.1, 0.15) is 38.5 Å². The summed E-state index contributed by atoms with van der Waals surface area (Å²) < 4.78 is 0. The summed E-state index contributed by atoms with van der Waals surface area (Å²) >= 11 is 0. The molecule has 3 rings (SSSR count). The third-order valence-corrected chi connectivity index (χ3v) is 4.92. The maximum absolute atomic E-state index is 3.87. The highest BCUT2D eigenvalue weighted by Crippen LogP contribution is 2.27. The molecule has 0 bridgehead atoms. The highest BCUT2D eigenvalue weighted by molar-refractivity contribution is 4.94. The van der Waals surface area contributed by atoms with Gasteiger partial charge in [-0.1, -0.05) is 6.42 Å². The van der Waals surface area contributed by atoms with Gasteiger partial charge in [-0.25, -0.2) is 0 Å². The van der Waals surface area contributed by atoms with E-state index in [2.05, 4.69) is 15.5 Å². The van der Waals surface area contributed by atoms with Crippen molar-refractivity contribution in [1.29, 1.82) is 0 Å². The van der Waals surface area contributed by atoms with Crippen molar-refractivity contribution >= 4 is 0 Å². The zero-order valence-corrected chi connectivity index (χ0v) is 11.0. The molecule has 3 aliphatic rings. The molecule has 0 spiro atoms. The number of nitrogens with one attached hydrogen (secondary N) is 2. The number of rotatable bonds is 3. The van der Waals surface area contributed by atoms with Gasteiger partial charge in [0.25, 0.3) is 0 Å². The summed E-state index contributed by atoms with van der Waals surface area (Å²) in [4.78, 5) is 2.72. The summed E-state index contributed by atoms with van der Waals surface area (Å²) in [7, 11) is 0. The summed E-state index contributed by atoms with van der Waals surface area (Å²) in [5.74, 6) is 0.876. The lowest BCUT2D eigenvalue weighted by molar-refractivity contribution is 0.177. The Morgan fingerprint density at radius 2 is 2.06 bits per heavy atom. The van der Waals surface area contributed by atoms with Crippen LogP contribution in [0.3, 0.4) is 0 Å². The van der Waals surface area contributed by atoms with Gasteiger partial charge in [-0.15, -0.1) is 0 Å². The van der Waals surface area contributed by atoms with Crippen LogP contribution in [0.2, 0.25) is 0 Å². The third kappa shape index (κ3) is 2.83. The average molecular weight is 237 g/mol. The van der Waals surface area contributed by atoms with Crippen LogP contribution in [-0.4, -0.2) is 49.7 Å². The van der Waals surface area contributed by atoms with Crippen molar-refractivity contribution in [3.8, 4) is 0 Å². The molecule has 0 saturated carbocycles. The van der Waals surface area contributed by atoms with Crippen LogP contribution in [0.25, 0.3) is 0 Å². The summed E-state index contributed by atoms with van der Waals surface area (Å²) in [5.41, 5.74) is 0. The lowest BCUT2D eigenvalue weighted by atomic mass is 9.96. The monoisotopic (exact) mass is 237 g/mol. The van der Waals surface area contributed by atoms with Gasteiger partial charge < -0.3 is 10.6 Å². The highest BCUT2D eigenvalue weighted by Gasteiger charge is 2.35. The first-order valence-corrected chi connectivity index (χ1v) is 7.61. The van der Waals surface area contributed by atoms with Crippen molar-refractivity contribution in [3.63, 3.8) is 0 Å². The van der Waals surface area contributed by atoms with E-state index in [9.17, 15) is 0 Å². The van der Waals surface area contributed by atoms with Crippen LogP contribution >= 0.6 is 0 Å². The molecule has 3 saturated heterocycles. The van der Waals surface area contributed by atoms with Crippen molar-refractivity contribution in [1.82, 2.24) is 15.5 Å². The summed E-state index contributed by atoms with van der Waals surface area (Å²) in [5, 5.41) is 7.38. The molecule has 3 atom stereocenters. The molecule has 3 heteroatoms. The quantitative estimate of drug-likeness (QED) is 0.772. The van der Waals surface area contributed by atoms with Gasteiger partial charge in [-0.3, -0.25) is 4.90 Å². The first-order chi connectivity index (χ1) is 8.43. The van der Waals surface area contributed by atoms with Crippen LogP contribution in [0.4, 0.5) is 0 Å². The largest absolute Gasteiger partial charge is 0.316 e. The van der Waals surface area contributed by atoms with Crippen molar-refractivity contribution < 1.29 is 0 Å². The van der Waals surface area contributed by atoms with Crippen molar-refractivity contribution in [2.24, 2.45) is 5.92 Å². The minimum Gasteiger partial charge on any atom is -0.316 e. The molecule has 3 fully saturated rings. The van der Waals surface area contributed by atoms with E-state index in [1.54, 1.807) is 0 Å². The summed E-state index contributed by atoms with van der Waals surface area (Å²) in [6, 6.07) is 1.65. The lowest BCUT2D eigenvalue weighted by Gasteiger charge is -2.33. The summed E-state index contributed by atoms with van der Waals surface area (Å²) in [6.07, 6.45) is 8.47. The van der Waals surface area contributed by atoms with Crippen LogP contribution in [0, 0.1) is 5.92 Å². The lowest BCUT2D eigenvalue weighted by Crippen LogP contribution is -2.47. The fraction of sp³-hybridized carbons (Fsp3) is 1.00. The Labute approximate surface area is 105 Å². The minimum absolute atomic E-state index is 0.789. The van der Waals surface area contributed by atoms with E-state index in [1.165, 1.54) is 71.2 Å². The van der Waals surface area contributed by atoms with E-state index in [0.717, 1.165) is 18.0 Å². The Morgan fingerprint density at radius 3 is 2.94 bits per heavy atom. The number of hydrogen-bond donors (Lipinski definition) is 2. The molecule has 17 heavy (non-hydrogen) atoms. The molecule has 0 amide bonds. The van der Waals surface area contributed by atoms with Gasteiger partial charge in [0.1, 0.15) is 0 Å². The predicted molar refractivity (Wildman–Crippen MR) is 71.2 cm³/mol. The Kier molecular flexibility index (Phi) is 3.99. The fourth-order valence-electron chi connectivity index (χ4n) is 3.90. The fourth-order valence-corrected chi connectivity index (χ4v) is 3.90. The molecule has 0 radical (unpaired) electrons. The molecule has 0 aliphatic carbocycles. The molecule has 3 nitrogen and oxygen atoms in total. The Hall–Kier alpha value is -0.120. The van der Waals surface area contributed by atoms with Gasteiger partial charge in [0, 0.05) is 18.6 Å². The van der Waals surface area contributed by atoms with Crippen LogP contribution in [-0.2, 0) is 0 Å². The molecule has 3 unspecified atom stereocenters. The second-order valence-electron chi connectivity index (χ2n) is 6.11. The van der Waals surface area contributed by atoms with Crippen molar-refractivity contribution in [2.75, 3.05) is 32.7 Å². The average Bonchev–Trinajstić information content (AvgIpc) is 2.81. The van der Waals surface area contributed by atoms with E-state index in [1.807, 2.05) is 0 Å². The van der Waals surface area contributed by atoms with E-state index in [4.69, 9.17) is 0 Å². The number of hydrogen-bond acceptors (Lipinski definition) is 3. The number of fused-ring (bicyclic) bond motifs is 1. The Bertz CT molecular complexity index is 238. The molecule has 3 aliphatic heterocycles. The molecule has 2 N–H and O–H groups in total. The van der Waals surface area contributed by atoms with Gasteiger partial charge in [0.05, 0.1) is 0 Å². The Balaban J connectivity index is 1.45. The van der Waals surface area contributed by atoms with Gasteiger partial charge in [0.2, 0.25) is 0 Å². The Morgan fingerprint density at radius 1 is 1.06 bits per heavy atom. The zero-order valence-electron chi connectivity index (χ0n) is 11.0. The molecule has 0 aromatic heterocycles. The molecular formula is C14H27N3. The molecule has 98 valence electrons. The molecule has 0 aromatic carbocycles. The molecular weight excluding hydrogens is 210 g/mol. The normalized spacial score (nSPS) is 39.2. The first kappa shape index (κ1) is 11.9. The highest BCUT2D eigenvalue weighted by atomic mass is 15.2. The smallest absolute Gasteiger partial charge is 0.0249 e. The topological polar surface area (TPSA) is 27.3 Å². The second-order valence-corrected chi connectivity index (χ2v) is 6.11.